The van der Waals surface area contributed by atoms with Gasteiger partial charge in [-0.3, -0.25) is 0 Å². The molecule has 1 aliphatic heterocycles. The molecule has 1 aromatic heterocycles. The monoisotopic (exact) mass is 295 g/mol. The van der Waals surface area contributed by atoms with Crippen LogP contribution in [-0.4, -0.2) is 36.3 Å². The van der Waals surface area contributed by atoms with Gasteiger partial charge < -0.3 is 15.0 Å². The Kier molecular flexibility index (Phi) is 4.47. The van der Waals surface area contributed by atoms with Crippen molar-refractivity contribution < 1.29 is 4.74 Å². The molecule has 0 bridgehead atoms. The third-order valence-electron chi connectivity index (χ3n) is 3.58. The van der Waals surface area contributed by atoms with Crippen LogP contribution in [0.4, 0.5) is 11.5 Å². The third-order valence-corrected chi connectivity index (χ3v) is 3.58. The predicted octanol–water partition coefficient (Wildman–Crippen LogP) is 1.80. The van der Waals surface area contributed by atoms with Gasteiger partial charge >= 0.3 is 0 Å². The summed E-state index contributed by atoms with van der Waals surface area (Å²) in [5.41, 5.74) is 2.66. The molecule has 0 atom stereocenters. The molecule has 0 amide bonds. The lowest BCUT2D eigenvalue weighted by Gasteiger charge is -2.28. The predicted molar refractivity (Wildman–Crippen MR) is 83.5 cm³/mol. The molecule has 22 heavy (non-hydrogen) atoms. The van der Waals surface area contributed by atoms with Crippen LogP contribution in [0.2, 0.25) is 0 Å². The summed E-state index contributed by atoms with van der Waals surface area (Å²) in [5, 5.41) is 12.1. The lowest BCUT2D eigenvalue weighted by Crippen LogP contribution is -2.36. The number of nitrogens with zero attached hydrogens (tertiary/aromatic N) is 4. The molecular weight excluding hydrogens is 278 g/mol. The Balaban J connectivity index is 1.62. The standard InChI is InChI=1S/C16H17N5O/c17-11-15-16(19-6-5-18-15)20-12-13-1-3-14(4-2-13)21-7-9-22-10-8-21/h1-6H,7-10,12H2,(H,19,20). The maximum atomic E-state index is 8.99. The number of anilines is 2. The van der Waals surface area contributed by atoms with E-state index in [2.05, 4.69) is 44.5 Å². The maximum absolute atomic E-state index is 8.99. The zero-order valence-corrected chi connectivity index (χ0v) is 12.2. The number of hydrogen-bond donors (Lipinski definition) is 1. The summed E-state index contributed by atoms with van der Waals surface area (Å²) in [6.45, 7) is 4.04. The topological polar surface area (TPSA) is 74.1 Å². The van der Waals surface area contributed by atoms with Crippen LogP contribution in [0.5, 0.6) is 0 Å². The van der Waals surface area contributed by atoms with Crippen molar-refractivity contribution >= 4 is 11.5 Å². The van der Waals surface area contributed by atoms with E-state index < -0.39 is 0 Å². The van der Waals surface area contributed by atoms with Gasteiger partial charge in [0.2, 0.25) is 0 Å². The van der Waals surface area contributed by atoms with Gasteiger partial charge in [-0.2, -0.15) is 5.26 Å². The van der Waals surface area contributed by atoms with Crippen LogP contribution in [0.15, 0.2) is 36.7 Å². The molecule has 0 radical (unpaired) electrons. The van der Waals surface area contributed by atoms with Crippen LogP contribution >= 0.6 is 0 Å². The highest BCUT2D eigenvalue weighted by Gasteiger charge is 2.10. The van der Waals surface area contributed by atoms with E-state index in [1.807, 2.05) is 6.07 Å². The fourth-order valence-corrected chi connectivity index (χ4v) is 2.38. The lowest BCUT2D eigenvalue weighted by molar-refractivity contribution is 0.122. The smallest absolute Gasteiger partial charge is 0.182 e. The van der Waals surface area contributed by atoms with E-state index >= 15 is 0 Å². The molecule has 0 aliphatic carbocycles. The van der Waals surface area contributed by atoms with Crippen molar-refractivity contribution in [2.45, 2.75) is 6.54 Å². The fourth-order valence-electron chi connectivity index (χ4n) is 2.38. The van der Waals surface area contributed by atoms with Crippen LogP contribution in [0.3, 0.4) is 0 Å². The van der Waals surface area contributed by atoms with Gasteiger partial charge in [0.15, 0.2) is 11.5 Å². The molecule has 6 heteroatoms. The maximum Gasteiger partial charge on any atom is 0.182 e. The Bertz CT molecular complexity index is 659. The summed E-state index contributed by atoms with van der Waals surface area (Å²) in [6, 6.07) is 10.4. The summed E-state index contributed by atoms with van der Waals surface area (Å²) in [6.07, 6.45) is 3.09. The average molecular weight is 295 g/mol. The molecule has 1 aliphatic rings. The molecule has 1 saturated heterocycles. The summed E-state index contributed by atoms with van der Waals surface area (Å²) in [7, 11) is 0. The summed E-state index contributed by atoms with van der Waals surface area (Å²) < 4.78 is 5.36. The van der Waals surface area contributed by atoms with Crippen molar-refractivity contribution in [2.75, 3.05) is 36.5 Å². The first-order chi connectivity index (χ1) is 10.9. The molecule has 2 heterocycles. The number of morpholine rings is 1. The Morgan fingerprint density at radius 3 is 2.59 bits per heavy atom. The minimum absolute atomic E-state index is 0.312. The van der Waals surface area contributed by atoms with Crippen LogP contribution in [0, 0.1) is 11.3 Å². The number of rotatable bonds is 4. The Labute approximate surface area is 129 Å². The minimum atomic E-state index is 0.312. The van der Waals surface area contributed by atoms with Gasteiger partial charge in [-0.1, -0.05) is 12.1 Å². The highest BCUT2D eigenvalue weighted by molar-refractivity contribution is 5.50. The number of aromatic nitrogens is 2. The number of nitriles is 1. The largest absolute Gasteiger partial charge is 0.378 e. The Morgan fingerprint density at radius 2 is 1.86 bits per heavy atom. The van der Waals surface area contributed by atoms with E-state index in [1.165, 1.54) is 11.9 Å². The van der Waals surface area contributed by atoms with Crippen LogP contribution < -0.4 is 10.2 Å². The van der Waals surface area contributed by atoms with Gasteiger partial charge in [0.05, 0.1) is 13.2 Å². The van der Waals surface area contributed by atoms with E-state index in [4.69, 9.17) is 10.00 Å². The third kappa shape index (κ3) is 3.32. The van der Waals surface area contributed by atoms with Gasteiger partial charge in [-0.15, -0.1) is 0 Å². The first-order valence-corrected chi connectivity index (χ1v) is 7.23. The summed E-state index contributed by atoms with van der Waals surface area (Å²) in [5.74, 6) is 0.516. The quantitative estimate of drug-likeness (QED) is 0.927. The van der Waals surface area contributed by atoms with E-state index in [9.17, 15) is 0 Å². The molecule has 0 unspecified atom stereocenters. The lowest BCUT2D eigenvalue weighted by atomic mass is 10.2. The zero-order chi connectivity index (χ0) is 15.2. The molecule has 0 saturated carbocycles. The van der Waals surface area contributed by atoms with Crippen molar-refractivity contribution in [1.29, 1.82) is 5.26 Å². The van der Waals surface area contributed by atoms with Gasteiger partial charge in [0, 0.05) is 37.7 Å². The van der Waals surface area contributed by atoms with Crippen molar-refractivity contribution in [3.8, 4) is 6.07 Å². The molecule has 2 aromatic rings. The van der Waals surface area contributed by atoms with E-state index in [0.717, 1.165) is 31.9 Å². The van der Waals surface area contributed by atoms with E-state index in [-0.39, 0.29) is 0 Å². The van der Waals surface area contributed by atoms with Crippen molar-refractivity contribution in [3.63, 3.8) is 0 Å². The number of ether oxygens (including phenoxy) is 1. The average Bonchev–Trinajstić information content (AvgIpc) is 2.61. The molecule has 1 aromatic carbocycles. The van der Waals surface area contributed by atoms with Crippen molar-refractivity contribution in [3.05, 3.63) is 47.9 Å². The molecule has 3 rings (SSSR count). The Hall–Kier alpha value is -2.65. The van der Waals surface area contributed by atoms with Gasteiger partial charge in [0.1, 0.15) is 6.07 Å². The first kappa shape index (κ1) is 14.3. The first-order valence-electron chi connectivity index (χ1n) is 7.23. The molecule has 1 fully saturated rings. The molecule has 0 spiro atoms. The highest BCUT2D eigenvalue weighted by Crippen LogP contribution is 2.17. The second-order valence-electron chi connectivity index (χ2n) is 4.98. The van der Waals surface area contributed by atoms with Crippen LogP contribution in [-0.2, 0) is 11.3 Å². The normalized spacial score (nSPS) is 14.4. The van der Waals surface area contributed by atoms with Crippen LogP contribution in [0.25, 0.3) is 0 Å². The van der Waals surface area contributed by atoms with Gasteiger partial charge in [0.25, 0.3) is 0 Å². The fraction of sp³-hybridized carbons (Fsp3) is 0.312. The van der Waals surface area contributed by atoms with Crippen molar-refractivity contribution in [1.82, 2.24) is 9.97 Å². The molecule has 1 N–H and O–H groups in total. The second-order valence-corrected chi connectivity index (χ2v) is 4.98. The number of hydrogen-bond acceptors (Lipinski definition) is 6. The van der Waals surface area contributed by atoms with E-state index in [1.54, 1.807) is 6.20 Å². The van der Waals surface area contributed by atoms with E-state index in [0.29, 0.717) is 18.1 Å². The Morgan fingerprint density at radius 1 is 1.14 bits per heavy atom. The number of nitrogens with one attached hydrogen (secondary N) is 1. The zero-order valence-electron chi connectivity index (χ0n) is 12.2. The summed E-state index contributed by atoms with van der Waals surface area (Å²) in [4.78, 5) is 10.4. The van der Waals surface area contributed by atoms with Gasteiger partial charge in [-0.25, -0.2) is 9.97 Å². The molecular formula is C16H17N5O. The second kappa shape index (κ2) is 6.87. The highest BCUT2D eigenvalue weighted by atomic mass is 16.5. The summed E-state index contributed by atoms with van der Waals surface area (Å²) >= 11 is 0. The van der Waals surface area contributed by atoms with Crippen molar-refractivity contribution in [2.24, 2.45) is 0 Å². The number of benzene rings is 1. The molecule has 112 valence electrons. The minimum Gasteiger partial charge on any atom is -0.378 e. The SMILES string of the molecule is N#Cc1nccnc1NCc1ccc(N2CCOCC2)cc1. The van der Waals surface area contributed by atoms with Gasteiger partial charge in [-0.05, 0) is 17.7 Å². The van der Waals surface area contributed by atoms with Crippen LogP contribution in [0.1, 0.15) is 11.3 Å². The molecule has 6 nitrogen and oxygen atoms in total.